The Bertz CT molecular complexity index is 1270. The lowest BCUT2D eigenvalue weighted by atomic mass is 9.67. The summed E-state index contributed by atoms with van der Waals surface area (Å²) in [5, 5.41) is 0. The second kappa shape index (κ2) is 12.2. The summed E-state index contributed by atoms with van der Waals surface area (Å²) in [6.45, 7) is 6.80. The van der Waals surface area contributed by atoms with Gasteiger partial charge in [0.05, 0.1) is 5.41 Å². The molecule has 0 nitrogen and oxygen atoms in total. The van der Waals surface area contributed by atoms with Gasteiger partial charge in [0.2, 0.25) is 0 Å². The van der Waals surface area contributed by atoms with Gasteiger partial charge in [-0.05, 0) is 77.1 Å². The van der Waals surface area contributed by atoms with Gasteiger partial charge in [0.25, 0.3) is 0 Å². The molecule has 38 heavy (non-hydrogen) atoms. The zero-order valence-electron chi connectivity index (χ0n) is 23.7. The molecule has 0 heterocycles. The predicted octanol–water partition coefficient (Wildman–Crippen LogP) is 10.6. The third-order valence-electron chi connectivity index (χ3n) is 8.61. The topological polar surface area (TPSA) is 0 Å². The second-order valence-corrected chi connectivity index (χ2v) is 11.4. The van der Waals surface area contributed by atoms with Crippen LogP contribution >= 0.6 is 0 Å². The molecule has 0 spiro atoms. The number of hydrogen-bond acceptors (Lipinski definition) is 0. The van der Waals surface area contributed by atoms with Gasteiger partial charge in [-0.25, -0.2) is 0 Å². The van der Waals surface area contributed by atoms with Crippen molar-refractivity contribution in [2.45, 2.75) is 90.4 Å². The van der Waals surface area contributed by atoms with Crippen LogP contribution in [0.15, 0.2) is 91.0 Å². The molecule has 0 unspecified atom stereocenters. The molecule has 0 radical (unpaired) electrons. The van der Waals surface area contributed by atoms with Crippen molar-refractivity contribution in [1.82, 2.24) is 0 Å². The molecule has 0 fully saturated rings. The van der Waals surface area contributed by atoms with Gasteiger partial charge in [0.15, 0.2) is 0 Å². The number of aryl methyl sites for hydroxylation is 3. The van der Waals surface area contributed by atoms with E-state index in [0.717, 1.165) is 0 Å². The van der Waals surface area contributed by atoms with Crippen LogP contribution in [0.5, 0.6) is 0 Å². The van der Waals surface area contributed by atoms with Crippen molar-refractivity contribution in [1.29, 1.82) is 0 Å². The summed E-state index contributed by atoms with van der Waals surface area (Å²) >= 11 is 0. The number of hydrogen-bond donors (Lipinski definition) is 0. The molecule has 0 N–H and O–H groups in total. The number of benzene rings is 4. The molecule has 0 atom stereocenters. The third-order valence-corrected chi connectivity index (χ3v) is 8.61. The van der Waals surface area contributed by atoms with E-state index in [1.165, 1.54) is 114 Å². The molecule has 4 aromatic rings. The fraction of sp³-hybridized carbons (Fsp3) is 0.368. The first-order chi connectivity index (χ1) is 18.7. The van der Waals surface area contributed by atoms with Crippen LogP contribution < -0.4 is 0 Å². The maximum atomic E-state index is 2.44. The monoisotopic (exact) mass is 500 g/mol. The SMILES string of the molecule is CCCCCCc1ccc(C2(c3ccc(CCCCCC)cc3)c3ccccc3-c3ccc(C)cc32)cc1. The highest BCUT2D eigenvalue weighted by Gasteiger charge is 2.45. The van der Waals surface area contributed by atoms with Crippen molar-refractivity contribution in [2.75, 3.05) is 0 Å². The summed E-state index contributed by atoms with van der Waals surface area (Å²) in [4.78, 5) is 0. The van der Waals surface area contributed by atoms with E-state index in [-0.39, 0.29) is 5.41 Å². The van der Waals surface area contributed by atoms with Crippen LogP contribution in [0.3, 0.4) is 0 Å². The second-order valence-electron chi connectivity index (χ2n) is 11.4. The van der Waals surface area contributed by atoms with Gasteiger partial charge in [0.1, 0.15) is 0 Å². The van der Waals surface area contributed by atoms with Crippen LogP contribution in [0.1, 0.15) is 104 Å². The molecule has 0 bridgehead atoms. The van der Waals surface area contributed by atoms with Crippen molar-refractivity contribution in [3.8, 4) is 11.1 Å². The predicted molar refractivity (Wildman–Crippen MR) is 164 cm³/mol. The van der Waals surface area contributed by atoms with Gasteiger partial charge in [0, 0.05) is 0 Å². The molecule has 196 valence electrons. The first kappa shape index (κ1) is 26.5. The van der Waals surface area contributed by atoms with E-state index in [4.69, 9.17) is 0 Å². The largest absolute Gasteiger partial charge is 0.0713 e. The van der Waals surface area contributed by atoms with Crippen molar-refractivity contribution >= 4 is 0 Å². The Balaban J connectivity index is 1.59. The van der Waals surface area contributed by atoms with Gasteiger partial charge in [-0.3, -0.25) is 0 Å². The maximum Gasteiger partial charge on any atom is 0.0713 e. The van der Waals surface area contributed by atoms with E-state index in [9.17, 15) is 0 Å². The molecular formula is C38H44. The molecule has 0 saturated carbocycles. The fourth-order valence-electron chi connectivity index (χ4n) is 6.54. The Hall–Kier alpha value is -3.12. The normalized spacial score (nSPS) is 13.3. The Morgan fingerprint density at radius 3 is 1.58 bits per heavy atom. The maximum absolute atomic E-state index is 2.44. The molecule has 0 saturated heterocycles. The third kappa shape index (κ3) is 5.11. The van der Waals surface area contributed by atoms with Crippen LogP contribution in [0.25, 0.3) is 11.1 Å². The highest BCUT2D eigenvalue weighted by Crippen LogP contribution is 2.56. The van der Waals surface area contributed by atoms with Crippen molar-refractivity contribution in [3.63, 3.8) is 0 Å². The van der Waals surface area contributed by atoms with Crippen LogP contribution in [-0.4, -0.2) is 0 Å². The minimum absolute atomic E-state index is 0.292. The summed E-state index contributed by atoms with van der Waals surface area (Å²) in [5.74, 6) is 0. The Kier molecular flexibility index (Phi) is 8.48. The van der Waals surface area contributed by atoms with E-state index in [2.05, 4.69) is 112 Å². The zero-order valence-corrected chi connectivity index (χ0v) is 23.7. The summed E-state index contributed by atoms with van der Waals surface area (Å²) in [5.41, 5.74) is 12.3. The summed E-state index contributed by atoms with van der Waals surface area (Å²) in [7, 11) is 0. The Morgan fingerprint density at radius 1 is 0.500 bits per heavy atom. The van der Waals surface area contributed by atoms with Crippen molar-refractivity contribution < 1.29 is 0 Å². The zero-order chi connectivity index (χ0) is 26.4. The van der Waals surface area contributed by atoms with Gasteiger partial charge in [-0.15, -0.1) is 0 Å². The van der Waals surface area contributed by atoms with E-state index >= 15 is 0 Å². The lowest BCUT2D eigenvalue weighted by Crippen LogP contribution is -2.28. The quantitative estimate of drug-likeness (QED) is 0.149. The fourth-order valence-corrected chi connectivity index (χ4v) is 6.54. The van der Waals surface area contributed by atoms with E-state index in [0.29, 0.717) is 0 Å². The Morgan fingerprint density at radius 2 is 1.03 bits per heavy atom. The van der Waals surface area contributed by atoms with Crippen LogP contribution in [-0.2, 0) is 18.3 Å². The lowest BCUT2D eigenvalue weighted by molar-refractivity contribution is 0.666. The standard InChI is InChI=1S/C38H44/c1-4-6-8-10-14-30-19-23-32(24-20-30)38(33-25-21-31(22-26-33)15-11-9-7-5-2)36-17-13-12-16-34(36)35-27-18-29(3)28-37(35)38/h12-13,16-28H,4-11,14-15H2,1-3H3. The van der Waals surface area contributed by atoms with Crippen molar-refractivity contribution in [2.24, 2.45) is 0 Å². The number of rotatable bonds is 12. The molecule has 0 amide bonds. The lowest BCUT2D eigenvalue weighted by Gasteiger charge is -2.34. The van der Waals surface area contributed by atoms with Crippen LogP contribution in [0, 0.1) is 6.92 Å². The van der Waals surface area contributed by atoms with Gasteiger partial charge < -0.3 is 0 Å². The Labute approximate surface area is 231 Å². The van der Waals surface area contributed by atoms with Crippen LogP contribution in [0.4, 0.5) is 0 Å². The molecule has 0 heteroatoms. The number of fused-ring (bicyclic) bond motifs is 3. The highest BCUT2D eigenvalue weighted by atomic mass is 14.5. The van der Waals surface area contributed by atoms with Crippen LogP contribution in [0.2, 0.25) is 0 Å². The van der Waals surface area contributed by atoms with Gasteiger partial charge >= 0.3 is 0 Å². The smallest absolute Gasteiger partial charge is 0.0654 e. The van der Waals surface area contributed by atoms with Crippen molar-refractivity contribution in [3.05, 3.63) is 130 Å². The minimum Gasteiger partial charge on any atom is -0.0654 e. The summed E-state index contributed by atoms with van der Waals surface area (Å²) in [6, 6.07) is 35.4. The van der Waals surface area contributed by atoms with Gasteiger partial charge in [-0.2, -0.15) is 0 Å². The molecular weight excluding hydrogens is 456 g/mol. The van der Waals surface area contributed by atoms with E-state index in [1.807, 2.05) is 0 Å². The molecule has 0 aromatic heterocycles. The molecule has 0 aliphatic heterocycles. The van der Waals surface area contributed by atoms with E-state index in [1.54, 1.807) is 0 Å². The molecule has 1 aliphatic rings. The van der Waals surface area contributed by atoms with E-state index < -0.39 is 0 Å². The first-order valence-electron chi connectivity index (χ1n) is 15.1. The molecule has 1 aliphatic carbocycles. The molecule has 5 rings (SSSR count). The first-order valence-corrected chi connectivity index (χ1v) is 15.1. The summed E-state index contributed by atoms with van der Waals surface area (Å²) < 4.78 is 0. The average Bonchev–Trinajstić information content (AvgIpc) is 3.24. The minimum atomic E-state index is -0.292. The summed E-state index contributed by atoms with van der Waals surface area (Å²) in [6.07, 6.45) is 12.8. The highest BCUT2D eigenvalue weighted by molar-refractivity contribution is 5.86. The number of unbranched alkanes of at least 4 members (excludes halogenated alkanes) is 6. The molecule has 4 aromatic carbocycles. The van der Waals surface area contributed by atoms with Gasteiger partial charge in [-0.1, -0.05) is 149 Å². The average molecular weight is 501 g/mol.